The zero-order chi connectivity index (χ0) is 13.8. The van der Waals surface area contributed by atoms with Crippen LogP contribution in [0.1, 0.15) is 23.2 Å². The van der Waals surface area contributed by atoms with E-state index in [4.69, 9.17) is 4.74 Å². The van der Waals surface area contributed by atoms with Crippen LogP contribution in [0.4, 0.5) is 5.69 Å². The number of carbonyl (C=O) groups is 1. The Kier molecular flexibility index (Phi) is 4.70. The molecule has 1 aromatic rings. The van der Waals surface area contributed by atoms with E-state index in [1.54, 1.807) is 6.07 Å². The van der Waals surface area contributed by atoms with Crippen LogP contribution in [-0.2, 0) is 4.74 Å². The van der Waals surface area contributed by atoms with Gasteiger partial charge >= 0.3 is 0 Å². The van der Waals surface area contributed by atoms with Gasteiger partial charge in [0.05, 0.1) is 16.6 Å². The van der Waals surface area contributed by atoms with Gasteiger partial charge in [-0.3, -0.25) is 14.9 Å². The number of nitrogens with zero attached hydrogens (tertiary/aromatic N) is 1. The van der Waals surface area contributed by atoms with E-state index in [1.165, 1.54) is 12.1 Å². The summed E-state index contributed by atoms with van der Waals surface area (Å²) >= 11 is 1.99. The van der Waals surface area contributed by atoms with Crippen LogP contribution >= 0.6 is 22.6 Å². The molecule has 1 fully saturated rings. The van der Waals surface area contributed by atoms with Gasteiger partial charge in [-0.1, -0.05) is 0 Å². The molecule has 2 rings (SSSR count). The van der Waals surface area contributed by atoms with E-state index >= 15 is 0 Å². The summed E-state index contributed by atoms with van der Waals surface area (Å²) < 4.78 is 6.09. The molecule has 1 aliphatic rings. The number of ether oxygens (including phenoxy) is 1. The normalized spacial score (nSPS) is 18.3. The quantitative estimate of drug-likeness (QED) is 0.496. The lowest BCUT2D eigenvalue weighted by Crippen LogP contribution is -2.32. The highest BCUT2D eigenvalue weighted by molar-refractivity contribution is 14.1. The second kappa shape index (κ2) is 6.29. The van der Waals surface area contributed by atoms with Gasteiger partial charge in [0.15, 0.2) is 0 Å². The minimum Gasteiger partial charge on any atom is -0.376 e. The molecule has 1 N–H and O–H groups in total. The Bertz CT molecular complexity index is 501. The van der Waals surface area contributed by atoms with Crippen molar-refractivity contribution in [3.63, 3.8) is 0 Å². The molecule has 1 saturated heterocycles. The molecule has 0 spiro atoms. The topological polar surface area (TPSA) is 81.5 Å². The predicted octanol–water partition coefficient (Wildman–Crippen LogP) is 2.11. The van der Waals surface area contributed by atoms with Crippen LogP contribution in [0.15, 0.2) is 18.2 Å². The number of hydrogen-bond donors (Lipinski definition) is 1. The second-order valence-corrected chi connectivity index (χ2v) is 5.43. The number of halogens is 1. The molecule has 1 aromatic carbocycles. The van der Waals surface area contributed by atoms with Crippen LogP contribution in [0.5, 0.6) is 0 Å². The fourth-order valence-corrected chi connectivity index (χ4v) is 2.49. The summed E-state index contributed by atoms with van der Waals surface area (Å²) in [5, 5.41) is 13.5. The van der Waals surface area contributed by atoms with Gasteiger partial charge in [-0.2, -0.15) is 0 Å². The van der Waals surface area contributed by atoms with Crippen molar-refractivity contribution in [2.24, 2.45) is 0 Å². The van der Waals surface area contributed by atoms with Gasteiger partial charge in [-0.15, -0.1) is 0 Å². The summed E-state index contributed by atoms with van der Waals surface area (Å²) in [6, 6.07) is 4.25. The number of amides is 1. The maximum absolute atomic E-state index is 12.0. The van der Waals surface area contributed by atoms with Crippen molar-refractivity contribution in [3.8, 4) is 0 Å². The highest BCUT2D eigenvalue weighted by atomic mass is 127. The molecular weight excluding hydrogens is 363 g/mol. The Morgan fingerprint density at radius 2 is 2.37 bits per heavy atom. The zero-order valence-corrected chi connectivity index (χ0v) is 12.3. The number of hydrogen-bond acceptors (Lipinski definition) is 4. The molecule has 7 heteroatoms. The van der Waals surface area contributed by atoms with E-state index in [1.807, 2.05) is 22.6 Å². The van der Waals surface area contributed by atoms with Crippen LogP contribution in [-0.4, -0.2) is 30.1 Å². The summed E-state index contributed by atoms with van der Waals surface area (Å²) in [7, 11) is 0. The van der Waals surface area contributed by atoms with Gasteiger partial charge < -0.3 is 10.1 Å². The van der Waals surface area contributed by atoms with Gasteiger partial charge in [0, 0.05) is 28.9 Å². The summed E-state index contributed by atoms with van der Waals surface area (Å²) in [5.74, 6) is -0.302. The van der Waals surface area contributed by atoms with Gasteiger partial charge in [-0.25, -0.2) is 0 Å². The molecule has 102 valence electrons. The van der Waals surface area contributed by atoms with Crippen molar-refractivity contribution in [1.82, 2.24) is 5.32 Å². The molecule has 1 amide bonds. The van der Waals surface area contributed by atoms with Gasteiger partial charge in [0.25, 0.3) is 11.6 Å². The molecule has 1 heterocycles. The van der Waals surface area contributed by atoms with E-state index < -0.39 is 4.92 Å². The molecule has 0 aliphatic carbocycles. The lowest BCUT2D eigenvalue weighted by atomic mass is 10.2. The van der Waals surface area contributed by atoms with Crippen LogP contribution in [0.2, 0.25) is 0 Å². The first-order valence-corrected chi connectivity index (χ1v) is 6.99. The monoisotopic (exact) mass is 376 g/mol. The number of benzene rings is 1. The number of nitro groups is 1. The maximum atomic E-state index is 12.0. The first-order chi connectivity index (χ1) is 9.08. The van der Waals surface area contributed by atoms with Crippen molar-refractivity contribution < 1.29 is 14.5 Å². The Balaban J connectivity index is 2.04. The molecule has 0 aromatic heterocycles. The average molecular weight is 376 g/mol. The van der Waals surface area contributed by atoms with E-state index in [-0.39, 0.29) is 17.7 Å². The first kappa shape index (κ1) is 14.2. The summed E-state index contributed by atoms with van der Waals surface area (Å²) in [5.41, 5.74) is 0.246. The van der Waals surface area contributed by atoms with Gasteiger partial charge in [0.2, 0.25) is 0 Å². The molecular formula is C12H13IN2O4. The third kappa shape index (κ3) is 3.63. The predicted molar refractivity (Wildman–Crippen MR) is 77.1 cm³/mol. The lowest BCUT2D eigenvalue weighted by Gasteiger charge is -2.11. The largest absolute Gasteiger partial charge is 0.376 e. The van der Waals surface area contributed by atoms with Gasteiger partial charge in [0.1, 0.15) is 0 Å². The summed E-state index contributed by atoms with van der Waals surface area (Å²) in [4.78, 5) is 22.2. The van der Waals surface area contributed by atoms with Crippen molar-refractivity contribution in [1.29, 1.82) is 0 Å². The molecule has 1 aliphatic heterocycles. The zero-order valence-electron chi connectivity index (χ0n) is 10.1. The van der Waals surface area contributed by atoms with Crippen LogP contribution in [0.25, 0.3) is 0 Å². The van der Waals surface area contributed by atoms with Crippen LogP contribution < -0.4 is 5.32 Å². The SMILES string of the molecule is O=C(NCC1CCCO1)c1cc([N+](=O)[O-])ccc1I. The summed E-state index contributed by atoms with van der Waals surface area (Å²) in [6.07, 6.45) is 2.00. The standard InChI is InChI=1S/C12H13IN2O4/c13-11-4-3-8(15(17)18)6-10(11)12(16)14-7-9-2-1-5-19-9/h3-4,6,9H,1-2,5,7H2,(H,14,16). The molecule has 0 bridgehead atoms. The Labute approximate surface area is 123 Å². The van der Waals surface area contributed by atoms with Crippen molar-refractivity contribution >= 4 is 34.2 Å². The van der Waals surface area contributed by atoms with E-state index in [0.29, 0.717) is 15.7 Å². The molecule has 6 nitrogen and oxygen atoms in total. The first-order valence-electron chi connectivity index (χ1n) is 5.91. The fourth-order valence-electron chi connectivity index (χ4n) is 1.91. The highest BCUT2D eigenvalue weighted by Crippen LogP contribution is 2.19. The van der Waals surface area contributed by atoms with Crippen molar-refractivity contribution in [2.75, 3.05) is 13.2 Å². The van der Waals surface area contributed by atoms with E-state index in [0.717, 1.165) is 19.4 Å². The minimum absolute atomic E-state index is 0.0558. The third-order valence-electron chi connectivity index (χ3n) is 2.92. The lowest BCUT2D eigenvalue weighted by molar-refractivity contribution is -0.384. The Morgan fingerprint density at radius 3 is 3.00 bits per heavy atom. The number of nitro benzene ring substituents is 1. The second-order valence-electron chi connectivity index (χ2n) is 4.27. The number of non-ortho nitro benzene ring substituents is 1. The molecule has 0 radical (unpaired) electrons. The maximum Gasteiger partial charge on any atom is 0.270 e. The smallest absolute Gasteiger partial charge is 0.270 e. The van der Waals surface area contributed by atoms with Crippen molar-refractivity contribution in [2.45, 2.75) is 18.9 Å². The van der Waals surface area contributed by atoms with Crippen molar-refractivity contribution in [3.05, 3.63) is 37.4 Å². The van der Waals surface area contributed by atoms with E-state index in [2.05, 4.69) is 5.32 Å². The number of nitrogens with one attached hydrogen (secondary N) is 1. The molecule has 1 atom stereocenters. The highest BCUT2D eigenvalue weighted by Gasteiger charge is 2.19. The molecule has 1 unspecified atom stereocenters. The Morgan fingerprint density at radius 1 is 1.58 bits per heavy atom. The average Bonchev–Trinajstić information content (AvgIpc) is 2.89. The number of carbonyl (C=O) groups excluding carboxylic acids is 1. The minimum atomic E-state index is -0.507. The fraction of sp³-hybridized carbons (Fsp3) is 0.417. The van der Waals surface area contributed by atoms with Gasteiger partial charge in [-0.05, 0) is 41.5 Å². The van der Waals surface area contributed by atoms with Crippen LogP contribution in [0, 0.1) is 13.7 Å². The molecule has 19 heavy (non-hydrogen) atoms. The number of rotatable bonds is 4. The van der Waals surface area contributed by atoms with Crippen LogP contribution in [0.3, 0.4) is 0 Å². The summed E-state index contributed by atoms with van der Waals surface area (Å²) in [6.45, 7) is 1.17. The Hall–Kier alpha value is -1.22. The third-order valence-corrected chi connectivity index (χ3v) is 3.86. The molecule has 0 saturated carbocycles. The van der Waals surface area contributed by atoms with E-state index in [9.17, 15) is 14.9 Å².